The lowest BCUT2D eigenvalue weighted by Gasteiger charge is -2.13. The minimum absolute atomic E-state index is 0.186. The summed E-state index contributed by atoms with van der Waals surface area (Å²) in [5.41, 5.74) is 1.48. The molecule has 23 heavy (non-hydrogen) atoms. The van der Waals surface area contributed by atoms with E-state index in [0.29, 0.717) is 11.4 Å². The van der Waals surface area contributed by atoms with Gasteiger partial charge >= 0.3 is 0 Å². The van der Waals surface area contributed by atoms with Crippen LogP contribution in [-0.2, 0) is 4.79 Å². The first-order valence-corrected chi connectivity index (χ1v) is 7.14. The van der Waals surface area contributed by atoms with Gasteiger partial charge in [0.15, 0.2) is 6.10 Å². The largest absolute Gasteiger partial charge is 0.481 e. The van der Waals surface area contributed by atoms with Crippen molar-refractivity contribution in [3.63, 3.8) is 0 Å². The first-order valence-electron chi connectivity index (χ1n) is 7.14. The fourth-order valence-corrected chi connectivity index (χ4v) is 1.74. The Kier molecular flexibility index (Phi) is 5.89. The third kappa shape index (κ3) is 5.29. The summed E-state index contributed by atoms with van der Waals surface area (Å²) in [4.78, 5) is 11.7. The number of ether oxygens (including phenoxy) is 1. The van der Waals surface area contributed by atoms with Gasteiger partial charge in [-0.15, -0.1) is 6.42 Å². The van der Waals surface area contributed by atoms with E-state index in [2.05, 4.69) is 21.5 Å². The number of rotatable bonds is 6. The molecule has 0 spiro atoms. The second-order valence-electron chi connectivity index (χ2n) is 4.71. The van der Waals surface area contributed by atoms with Crippen molar-refractivity contribution < 1.29 is 9.53 Å². The van der Waals surface area contributed by atoms with Crippen LogP contribution in [0.4, 0.5) is 11.4 Å². The minimum Gasteiger partial charge on any atom is -0.481 e. The number of amides is 1. The smallest absolute Gasteiger partial charge is 0.261 e. The monoisotopic (exact) mass is 307 g/mol. The Labute approximate surface area is 135 Å². The van der Waals surface area contributed by atoms with Crippen LogP contribution in [-0.4, -0.2) is 18.6 Å². The molecule has 1 amide bonds. The van der Waals surface area contributed by atoms with Crippen molar-refractivity contribution in [2.75, 3.05) is 6.54 Å². The van der Waals surface area contributed by atoms with Crippen LogP contribution in [0.2, 0.25) is 0 Å². The Morgan fingerprint density at radius 1 is 1.13 bits per heavy atom. The minimum atomic E-state index is -0.625. The number of carbonyl (C=O) groups excluding carboxylic acids is 1. The number of carbonyl (C=O) groups is 1. The zero-order valence-corrected chi connectivity index (χ0v) is 12.8. The zero-order chi connectivity index (χ0) is 16.5. The molecule has 2 rings (SSSR count). The maximum atomic E-state index is 11.7. The van der Waals surface area contributed by atoms with Crippen molar-refractivity contribution in [2.24, 2.45) is 10.2 Å². The molecular formula is C18H17N3O2. The third-order valence-electron chi connectivity index (χ3n) is 2.92. The predicted octanol–water partition coefficient (Wildman–Crippen LogP) is 3.62. The molecule has 0 heterocycles. The summed E-state index contributed by atoms with van der Waals surface area (Å²) in [5, 5.41) is 10.8. The van der Waals surface area contributed by atoms with E-state index in [1.54, 1.807) is 31.2 Å². The number of azo groups is 1. The molecule has 0 aliphatic heterocycles. The standard InChI is InChI=1S/C18H17N3O2/c1-3-13-19-18(22)14(2)23-17-11-9-16(10-12-17)21-20-15-7-5-4-6-8-15/h1,4-12,14H,13H2,2H3,(H,19,22)/t14-/m1/s1. The molecule has 0 unspecified atom stereocenters. The van der Waals surface area contributed by atoms with Gasteiger partial charge in [-0.05, 0) is 43.3 Å². The highest BCUT2D eigenvalue weighted by Gasteiger charge is 2.13. The van der Waals surface area contributed by atoms with Crippen molar-refractivity contribution in [3.05, 3.63) is 54.6 Å². The van der Waals surface area contributed by atoms with E-state index in [1.165, 1.54) is 0 Å². The Bertz CT molecular complexity index is 703. The van der Waals surface area contributed by atoms with Crippen molar-refractivity contribution in [1.29, 1.82) is 0 Å². The number of benzene rings is 2. The summed E-state index contributed by atoms with van der Waals surface area (Å²) in [6, 6.07) is 16.5. The molecule has 0 fully saturated rings. The Morgan fingerprint density at radius 2 is 1.74 bits per heavy atom. The summed E-state index contributed by atoms with van der Waals surface area (Å²) in [6.45, 7) is 1.85. The van der Waals surface area contributed by atoms with Gasteiger partial charge in [0.1, 0.15) is 5.75 Å². The summed E-state index contributed by atoms with van der Waals surface area (Å²) >= 11 is 0. The summed E-state index contributed by atoms with van der Waals surface area (Å²) in [5.74, 6) is 2.66. The van der Waals surface area contributed by atoms with Gasteiger partial charge in [-0.25, -0.2) is 0 Å². The molecule has 0 bridgehead atoms. The summed E-state index contributed by atoms with van der Waals surface area (Å²) in [7, 11) is 0. The van der Waals surface area contributed by atoms with Crippen LogP contribution in [0.3, 0.4) is 0 Å². The molecular weight excluding hydrogens is 290 g/mol. The number of terminal acetylenes is 1. The van der Waals surface area contributed by atoms with Gasteiger partial charge in [-0.2, -0.15) is 10.2 Å². The molecule has 5 heteroatoms. The molecule has 5 nitrogen and oxygen atoms in total. The van der Waals surface area contributed by atoms with Gasteiger partial charge in [0, 0.05) is 0 Å². The lowest BCUT2D eigenvalue weighted by molar-refractivity contribution is -0.126. The predicted molar refractivity (Wildman–Crippen MR) is 89.0 cm³/mol. The fourth-order valence-electron chi connectivity index (χ4n) is 1.74. The van der Waals surface area contributed by atoms with E-state index in [-0.39, 0.29) is 12.5 Å². The van der Waals surface area contributed by atoms with Crippen LogP contribution >= 0.6 is 0 Å². The van der Waals surface area contributed by atoms with Crippen LogP contribution in [0.25, 0.3) is 0 Å². The topological polar surface area (TPSA) is 63.0 Å². The van der Waals surface area contributed by atoms with Gasteiger partial charge in [0.05, 0.1) is 17.9 Å². The van der Waals surface area contributed by atoms with E-state index < -0.39 is 6.10 Å². The highest BCUT2D eigenvalue weighted by molar-refractivity contribution is 5.80. The molecule has 0 saturated carbocycles. The Hall–Kier alpha value is -3.13. The molecule has 0 aliphatic carbocycles. The molecule has 0 aromatic heterocycles. The molecule has 116 valence electrons. The average molecular weight is 307 g/mol. The van der Waals surface area contributed by atoms with Crippen LogP contribution < -0.4 is 10.1 Å². The van der Waals surface area contributed by atoms with Crippen molar-refractivity contribution >= 4 is 17.3 Å². The summed E-state index contributed by atoms with van der Waals surface area (Å²) < 4.78 is 5.54. The molecule has 1 N–H and O–H groups in total. The molecule has 0 saturated heterocycles. The van der Waals surface area contributed by atoms with Crippen molar-refractivity contribution in [3.8, 4) is 18.1 Å². The van der Waals surface area contributed by atoms with Crippen molar-refractivity contribution in [2.45, 2.75) is 13.0 Å². The van der Waals surface area contributed by atoms with Crippen LogP contribution in [0.5, 0.6) is 5.75 Å². The Morgan fingerprint density at radius 3 is 2.35 bits per heavy atom. The van der Waals surface area contributed by atoms with E-state index >= 15 is 0 Å². The highest BCUT2D eigenvalue weighted by atomic mass is 16.5. The van der Waals surface area contributed by atoms with Crippen LogP contribution in [0, 0.1) is 12.3 Å². The highest BCUT2D eigenvalue weighted by Crippen LogP contribution is 2.21. The average Bonchev–Trinajstić information content (AvgIpc) is 2.60. The SMILES string of the molecule is C#CCNC(=O)[C@@H](C)Oc1ccc(N=Nc2ccccc2)cc1. The molecule has 2 aromatic carbocycles. The van der Waals surface area contributed by atoms with E-state index in [9.17, 15) is 4.79 Å². The lowest BCUT2D eigenvalue weighted by Crippen LogP contribution is -2.36. The van der Waals surface area contributed by atoms with E-state index in [1.807, 2.05) is 30.3 Å². The molecule has 2 aromatic rings. The van der Waals surface area contributed by atoms with E-state index in [0.717, 1.165) is 5.69 Å². The van der Waals surface area contributed by atoms with Crippen LogP contribution in [0.1, 0.15) is 6.92 Å². The first-order chi connectivity index (χ1) is 11.2. The maximum absolute atomic E-state index is 11.7. The lowest BCUT2D eigenvalue weighted by atomic mass is 10.3. The zero-order valence-electron chi connectivity index (χ0n) is 12.8. The molecule has 0 radical (unpaired) electrons. The Balaban J connectivity index is 1.93. The van der Waals surface area contributed by atoms with Crippen LogP contribution in [0.15, 0.2) is 64.8 Å². The second-order valence-corrected chi connectivity index (χ2v) is 4.71. The maximum Gasteiger partial charge on any atom is 0.261 e. The number of hydrogen-bond donors (Lipinski definition) is 1. The quantitative estimate of drug-likeness (QED) is 0.654. The fraction of sp³-hybridized carbons (Fsp3) is 0.167. The number of nitrogens with one attached hydrogen (secondary N) is 1. The van der Waals surface area contributed by atoms with Gasteiger partial charge in [-0.3, -0.25) is 4.79 Å². The van der Waals surface area contributed by atoms with Gasteiger partial charge in [-0.1, -0.05) is 24.1 Å². The second kappa shape index (κ2) is 8.35. The number of nitrogens with zero attached hydrogens (tertiary/aromatic N) is 2. The third-order valence-corrected chi connectivity index (χ3v) is 2.92. The first kappa shape index (κ1) is 16.2. The van der Waals surface area contributed by atoms with Gasteiger partial charge in [0.25, 0.3) is 5.91 Å². The van der Waals surface area contributed by atoms with E-state index in [4.69, 9.17) is 11.2 Å². The molecule has 1 atom stereocenters. The van der Waals surface area contributed by atoms with Gasteiger partial charge < -0.3 is 10.1 Å². The number of hydrogen-bond acceptors (Lipinski definition) is 4. The molecule has 0 aliphatic rings. The normalized spacial score (nSPS) is 11.7. The van der Waals surface area contributed by atoms with Crippen molar-refractivity contribution in [1.82, 2.24) is 5.32 Å². The van der Waals surface area contributed by atoms with Gasteiger partial charge in [0.2, 0.25) is 0 Å². The summed E-state index contributed by atoms with van der Waals surface area (Å²) in [6.07, 6.45) is 4.47.